The molecule has 0 bridgehead atoms. The molecule has 0 radical (unpaired) electrons. The van der Waals surface area contributed by atoms with E-state index >= 15 is 0 Å². The lowest BCUT2D eigenvalue weighted by molar-refractivity contribution is -0.121. The molecule has 29 heavy (non-hydrogen) atoms. The van der Waals surface area contributed by atoms with Gasteiger partial charge in [-0.15, -0.1) is 0 Å². The topological polar surface area (TPSA) is 92.7 Å². The SMILES string of the molecule is COc1ccc(C[C@@](C)(O)CNC(=O)Cc2ccc(S(=O)(=O)C(C)C)cc2)cc1. The van der Waals surface area contributed by atoms with Crippen molar-refractivity contribution in [2.75, 3.05) is 13.7 Å². The number of hydrogen-bond acceptors (Lipinski definition) is 5. The van der Waals surface area contributed by atoms with Crippen LogP contribution >= 0.6 is 0 Å². The Balaban J connectivity index is 1.89. The van der Waals surface area contributed by atoms with Gasteiger partial charge in [0.2, 0.25) is 5.91 Å². The van der Waals surface area contributed by atoms with Gasteiger partial charge in [-0.25, -0.2) is 8.42 Å². The smallest absolute Gasteiger partial charge is 0.224 e. The van der Waals surface area contributed by atoms with E-state index in [-0.39, 0.29) is 23.8 Å². The van der Waals surface area contributed by atoms with Crippen molar-refractivity contribution in [1.29, 1.82) is 0 Å². The van der Waals surface area contributed by atoms with Crippen LogP contribution in [0.1, 0.15) is 31.9 Å². The second-order valence-electron chi connectivity index (χ2n) is 7.71. The van der Waals surface area contributed by atoms with Crippen molar-refractivity contribution in [1.82, 2.24) is 5.32 Å². The van der Waals surface area contributed by atoms with Crippen LogP contribution in [0.2, 0.25) is 0 Å². The molecule has 2 aromatic rings. The number of sulfone groups is 1. The first-order valence-electron chi connectivity index (χ1n) is 9.48. The highest BCUT2D eigenvalue weighted by Gasteiger charge is 2.22. The maximum absolute atomic E-state index is 12.2. The molecule has 0 heterocycles. The average molecular weight is 420 g/mol. The molecule has 158 valence electrons. The van der Waals surface area contributed by atoms with E-state index in [4.69, 9.17) is 4.74 Å². The zero-order chi connectivity index (χ0) is 21.7. The highest BCUT2D eigenvalue weighted by Crippen LogP contribution is 2.18. The third kappa shape index (κ3) is 6.58. The summed E-state index contributed by atoms with van der Waals surface area (Å²) in [5, 5.41) is 12.8. The van der Waals surface area contributed by atoms with Gasteiger partial charge in [-0.2, -0.15) is 0 Å². The van der Waals surface area contributed by atoms with E-state index in [1.807, 2.05) is 24.3 Å². The number of carbonyl (C=O) groups excluding carboxylic acids is 1. The molecule has 0 fully saturated rings. The minimum atomic E-state index is -3.33. The molecule has 0 saturated carbocycles. The van der Waals surface area contributed by atoms with Gasteiger partial charge in [0.05, 0.1) is 29.3 Å². The predicted molar refractivity (Wildman–Crippen MR) is 113 cm³/mol. The van der Waals surface area contributed by atoms with Crippen LogP contribution in [0.25, 0.3) is 0 Å². The first kappa shape index (κ1) is 22.9. The van der Waals surface area contributed by atoms with Gasteiger partial charge in [0.25, 0.3) is 0 Å². The molecule has 0 spiro atoms. The summed E-state index contributed by atoms with van der Waals surface area (Å²) < 4.78 is 29.4. The number of carbonyl (C=O) groups is 1. The van der Waals surface area contributed by atoms with Crippen LogP contribution in [-0.2, 0) is 27.5 Å². The van der Waals surface area contributed by atoms with Gasteiger partial charge in [0, 0.05) is 13.0 Å². The van der Waals surface area contributed by atoms with Crippen molar-refractivity contribution in [2.45, 2.75) is 49.4 Å². The summed E-state index contributed by atoms with van der Waals surface area (Å²) in [4.78, 5) is 12.5. The molecule has 0 aliphatic rings. The zero-order valence-electron chi connectivity index (χ0n) is 17.3. The molecule has 6 nitrogen and oxygen atoms in total. The fourth-order valence-electron chi connectivity index (χ4n) is 2.85. The Morgan fingerprint density at radius 2 is 1.62 bits per heavy atom. The van der Waals surface area contributed by atoms with E-state index in [1.165, 1.54) is 12.1 Å². The molecule has 2 N–H and O–H groups in total. The number of amides is 1. The van der Waals surface area contributed by atoms with Crippen molar-refractivity contribution in [3.05, 3.63) is 59.7 Å². The van der Waals surface area contributed by atoms with Crippen LogP contribution in [0, 0.1) is 0 Å². The zero-order valence-corrected chi connectivity index (χ0v) is 18.1. The van der Waals surface area contributed by atoms with Gasteiger partial charge in [-0.1, -0.05) is 24.3 Å². The van der Waals surface area contributed by atoms with Crippen LogP contribution in [0.15, 0.2) is 53.4 Å². The van der Waals surface area contributed by atoms with E-state index in [0.717, 1.165) is 11.3 Å². The standard InChI is InChI=1S/C22H29NO5S/c1-16(2)29(26,27)20-11-7-17(8-12-20)13-21(24)23-15-22(3,25)14-18-5-9-19(28-4)10-6-18/h5-12,16,25H,13-15H2,1-4H3,(H,23,24)/t22-/m1/s1. The Morgan fingerprint density at radius 1 is 1.07 bits per heavy atom. The van der Waals surface area contributed by atoms with Crippen LogP contribution in [0.3, 0.4) is 0 Å². The van der Waals surface area contributed by atoms with E-state index in [2.05, 4.69) is 5.32 Å². The summed E-state index contributed by atoms with van der Waals surface area (Å²) in [5.41, 5.74) is 0.548. The van der Waals surface area contributed by atoms with E-state index < -0.39 is 20.7 Å². The van der Waals surface area contributed by atoms with Gasteiger partial charge >= 0.3 is 0 Å². The van der Waals surface area contributed by atoms with Gasteiger partial charge in [0.15, 0.2) is 9.84 Å². The van der Waals surface area contributed by atoms with Gasteiger partial charge in [0.1, 0.15) is 5.75 Å². The fourth-order valence-corrected chi connectivity index (χ4v) is 3.91. The molecule has 0 aromatic heterocycles. The second-order valence-corrected chi connectivity index (χ2v) is 10.2. The molecule has 2 aromatic carbocycles. The Morgan fingerprint density at radius 3 is 2.14 bits per heavy atom. The van der Waals surface area contributed by atoms with Gasteiger partial charge in [-0.3, -0.25) is 4.79 Å². The number of aliphatic hydroxyl groups is 1. The van der Waals surface area contributed by atoms with Gasteiger partial charge < -0.3 is 15.2 Å². The minimum Gasteiger partial charge on any atom is -0.497 e. The number of nitrogens with one attached hydrogen (secondary N) is 1. The van der Waals surface area contributed by atoms with Crippen molar-refractivity contribution >= 4 is 15.7 Å². The Hall–Kier alpha value is -2.38. The van der Waals surface area contributed by atoms with Crippen molar-refractivity contribution in [3.63, 3.8) is 0 Å². The van der Waals surface area contributed by atoms with Crippen molar-refractivity contribution in [2.24, 2.45) is 0 Å². The third-order valence-corrected chi connectivity index (χ3v) is 6.82. The predicted octanol–water partition coefficient (Wildman–Crippen LogP) is 2.53. The summed E-state index contributed by atoms with van der Waals surface area (Å²) in [6, 6.07) is 13.7. The highest BCUT2D eigenvalue weighted by atomic mass is 32.2. The van der Waals surface area contributed by atoms with E-state index in [9.17, 15) is 18.3 Å². The quantitative estimate of drug-likeness (QED) is 0.652. The van der Waals surface area contributed by atoms with Crippen LogP contribution < -0.4 is 10.1 Å². The number of benzene rings is 2. The summed E-state index contributed by atoms with van der Waals surface area (Å²) in [5.74, 6) is 0.508. The summed E-state index contributed by atoms with van der Waals surface area (Å²) in [7, 11) is -1.73. The number of rotatable bonds is 9. The fraction of sp³-hybridized carbons (Fsp3) is 0.409. The molecular weight excluding hydrogens is 390 g/mol. The lowest BCUT2D eigenvalue weighted by atomic mass is 9.96. The average Bonchev–Trinajstić information content (AvgIpc) is 2.67. The largest absolute Gasteiger partial charge is 0.497 e. The van der Waals surface area contributed by atoms with Crippen LogP contribution in [0.5, 0.6) is 5.75 Å². The first-order chi connectivity index (χ1) is 13.5. The Bertz CT molecular complexity index is 917. The van der Waals surface area contributed by atoms with Crippen LogP contribution in [0.4, 0.5) is 0 Å². The summed E-state index contributed by atoms with van der Waals surface area (Å²) in [6.45, 7) is 5.05. The molecule has 1 atom stereocenters. The molecule has 0 aliphatic carbocycles. The minimum absolute atomic E-state index is 0.109. The second kappa shape index (κ2) is 9.41. The molecular formula is C22H29NO5S. The normalized spacial score (nSPS) is 13.7. The maximum atomic E-state index is 12.2. The first-order valence-corrected chi connectivity index (χ1v) is 11.0. The number of hydrogen-bond donors (Lipinski definition) is 2. The monoisotopic (exact) mass is 419 g/mol. The van der Waals surface area contributed by atoms with Crippen molar-refractivity contribution in [3.8, 4) is 5.75 Å². The summed E-state index contributed by atoms with van der Waals surface area (Å²) in [6.07, 6.45) is 0.500. The van der Waals surface area contributed by atoms with Crippen molar-refractivity contribution < 1.29 is 23.1 Å². The van der Waals surface area contributed by atoms with Gasteiger partial charge in [-0.05, 0) is 56.2 Å². The molecule has 0 aliphatic heterocycles. The number of methoxy groups -OCH3 is 1. The Labute approximate surface area is 172 Å². The Kier molecular flexibility index (Phi) is 7.43. The van der Waals surface area contributed by atoms with Crippen LogP contribution in [-0.4, -0.2) is 43.9 Å². The maximum Gasteiger partial charge on any atom is 0.224 e. The van der Waals surface area contributed by atoms with E-state index in [0.29, 0.717) is 12.0 Å². The molecule has 1 amide bonds. The molecule has 0 saturated heterocycles. The molecule has 7 heteroatoms. The molecule has 0 unspecified atom stereocenters. The highest BCUT2D eigenvalue weighted by molar-refractivity contribution is 7.92. The summed E-state index contributed by atoms with van der Waals surface area (Å²) >= 11 is 0. The lowest BCUT2D eigenvalue weighted by Gasteiger charge is -2.24. The molecule has 2 rings (SSSR count). The van der Waals surface area contributed by atoms with E-state index in [1.54, 1.807) is 40.0 Å². The third-order valence-electron chi connectivity index (χ3n) is 4.65. The lowest BCUT2D eigenvalue weighted by Crippen LogP contribution is -2.42. The number of ether oxygens (including phenoxy) is 1.